The van der Waals surface area contributed by atoms with Crippen molar-refractivity contribution < 1.29 is 9.59 Å². The summed E-state index contributed by atoms with van der Waals surface area (Å²) >= 11 is 5.93. The van der Waals surface area contributed by atoms with E-state index in [2.05, 4.69) is 34.5 Å². The minimum Gasteiger partial charge on any atom is -0.353 e. The van der Waals surface area contributed by atoms with E-state index in [1.165, 1.54) is 5.56 Å². The van der Waals surface area contributed by atoms with Gasteiger partial charge in [0.2, 0.25) is 11.8 Å². The molecule has 5 nitrogen and oxygen atoms in total. The summed E-state index contributed by atoms with van der Waals surface area (Å²) in [5, 5.41) is 3.76. The van der Waals surface area contributed by atoms with E-state index in [-0.39, 0.29) is 17.9 Å². The van der Waals surface area contributed by atoms with Gasteiger partial charge in [-0.1, -0.05) is 41.9 Å². The average molecular weight is 412 g/mol. The summed E-state index contributed by atoms with van der Waals surface area (Å²) in [5.74, 6) is -0.840. The van der Waals surface area contributed by atoms with E-state index in [9.17, 15) is 9.59 Å². The molecule has 2 saturated heterocycles. The van der Waals surface area contributed by atoms with E-state index in [0.717, 1.165) is 38.2 Å². The standard InChI is InChI=1S/C23H26ClN3O2/c24-18-6-8-20(9-7-18)27-15-12-21(23(27)29)22(28)25-19-10-13-26(14-11-19)16-17-4-2-1-3-5-17/h1-9,19,21H,10-16H2,(H,25,28). The van der Waals surface area contributed by atoms with Gasteiger partial charge in [0, 0.05) is 42.9 Å². The predicted molar refractivity (Wildman–Crippen MR) is 115 cm³/mol. The van der Waals surface area contributed by atoms with Crippen LogP contribution in [0, 0.1) is 5.92 Å². The van der Waals surface area contributed by atoms with E-state index in [4.69, 9.17) is 11.6 Å². The maximum atomic E-state index is 12.8. The summed E-state index contributed by atoms with van der Waals surface area (Å²) in [6.45, 7) is 3.41. The fourth-order valence-electron chi connectivity index (χ4n) is 4.18. The SMILES string of the molecule is O=C(NC1CCN(Cc2ccccc2)CC1)C1CCN(c2ccc(Cl)cc2)C1=O. The molecule has 6 heteroatoms. The van der Waals surface area contributed by atoms with Crippen LogP contribution in [-0.2, 0) is 16.1 Å². The molecule has 2 aliphatic heterocycles. The number of hydrogen-bond donors (Lipinski definition) is 1. The molecule has 1 atom stereocenters. The zero-order valence-electron chi connectivity index (χ0n) is 16.4. The number of carbonyl (C=O) groups excluding carboxylic acids is 2. The Kier molecular flexibility index (Phi) is 6.16. The van der Waals surface area contributed by atoms with E-state index in [0.29, 0.717) is 18.0 Å². The first-order valence-electron chi connectivity index (χ1n) is 10.2. The topological polar surface area (TPSA) is 52.7 Å². The Morgan fingerprint density at radius 1 is 0.966 bits per heavy atom. The van der Waals surface area contributed by atoms with Gasteiger partial charge in [-0.2, -0.15) is 0 Å². The Hall–Kier alpha value is -2.37. The number of nitrogens with one attached hydrogen (secondary N) is 1. The lowest BCUT2D eigenvalue weighted by Crippen LogP contribution is -2.47. The first kappa shape index (κ1) is 19.9. The van der Waals surface area contributed by atoms with Gasteiger partial charge < -0.3 is 10.2 Å². The molecule has 2 heterocycles. The summed E-state index contributed by atoms with van der Waals surface area (Å²) in [4.78, 5) is 29.6. The van der Waals surface area contributed by atoms with Crippen molar-refractivity contribution in [3.63, 3.8) is 0 Å². The predicted octanol–water partition coefficient (Wildman–Crippen LogP) is 3.47. The second-order valence-corrected chi connectivity index (χ2v) is 8.29. The van der Waals surface area contributed by atoms with Crippen molar-refractivity contribution in [2.24, 2.45) is 5.92 Å². The van der Waals surface area contributed by atoms with Gasteiger partial charge in [0.15, 0.2) is 0 Å². The zero-order chi connectivity index (χ0) is 20.2. The molecule has 2 aliphatic rings. The molecule has 152 valence electrons. The Bertz CT molecular complexity index is 848. The second kappa shape index (κ2) is 8.97. The lowest BCUT2D eigenvalue weighted by molar-refractivity contribution is -0.132. The number of piperidine rings is 1. The largest absolute Gasteiger partial charge is 0.353 e. The van der Waals surface area contributed by atoms with Crippen LogP contribution >= 0.6 is 11.6 Å². The van der Waals surface area contributed by atoms with Crippen LogP contribution in [0.15, 0.2) is 54.6 Å². The molecule has 2 aromatic rings. The lowest BCUT2D eigenvalue weighted by atomic mass is 10.0. The van der Waals surface area contributed by atoms with E-state index >= 15 is 0 Å². The van der Waals surface area contributed by atoms with E-state index in [1.807, 2.05) is 18.2 Å². The van der Waals surface area contributed by atoms with Crippen LogP contribution in [-0.4, -0.2) is 42.4 Å². The van der Waals surface area contributed by atoms with Crippen molar-refractivity contribution in [1.82, 2.24) is 10.2 Å². The summed E-state index contributed by atoms with van der Waals surface area (Å²) in [5.41, 5.74) is 2.11. The van der Waals surface area contributed by atoms with Crippen molar-refractivity contribution >= 4 is 29.1 Å². The van der Waals surface area contributed by atoms with Gasteiger partial charge in [-0.05, 0) is 49.1 Å². The summed E-state index contributed by atoms with van der Waals surface area (Å²) < 4.78 is 0. The molecule has 0 radical (unpaired) electrons. The maximum Gasteiger partial charge on any atom is 0.239 e. The third-order valence-corrected chi connectivity index (χ3v) is 6.10. The number of hydrogen-bond acceptors (Lipinski definition) is 3. The van der Waals surface area contributed by atoms with E-state index < -0.39 is 5.92 Å². The summed E-state index contributed by atoms with van der Waals surface area (Å²) in [6.07, 6.45) is 2.39. The monoisotopic (exact) mass is 411 g/mol. The highest BCUT2D eigenvalue weighted by Crippen LogP contribution is 2.27. The molecule has 2 amide bonds. The number of amides is 2. The lowest BCUT2D eigenvalue weighted by Gasteiger charge is -2.32. The number of benzene rings is 2. The Morgan fingerprint density at radius 2 is 1.66 bits per heavy atom. The van der Waals surface area contributed by atoms with Crippen LogP contribution in [0.1, 0.15) is 24.8 Å². The summed E-state index contributed by atoms with van der Waals surface area (Å²) in [7, 11) is 0. The van der Waals surface area contributed by atoms with Gasteiger partial charge in [0.25, 0.3) is 0 Å². The molecule has 29 heavy (non-hydrogen) atoms. The first-order chi connectivity index (χ1) is 14.1. The van der Waals surface area contributed by atoms with Crippen molar-refractivity contribution in [3.05, 3.63) is 65.2 Å². The molecule has 2 aromatic carbocycles. The van der Waals surface area contributed by atoms with Crippen molar-refractivity contribution in [1.29, 1.82) is 0 Å². The van der Waals surface area contributed by atoms with Gasteiger partial charge in [-0.15, -0.1) is 0 Å². The molecule has 2 fully saturated rings. The minimum absolute atomic E-state index is 0.119. The zero-order valence-corrected chi connectivity index (χ0v) is 17.1. The normalized spacial score (nSPS) is 20.8. The molecule has 0 bridgehead atoms. The smallest absolute Gasteiger partial charge is 0.239 e. The third-order valence-electron chi connectivity index (χ3n) is 5.84. The number of anilines is 1. The van der Waals surface area contributed by atoms with Gasteiger partial charge in [0.05, 0.1) is 0 Å². The number of nitrogens with zero attached hydrogens (tertiary/aromatic N) is 2. The van der Waals surface area contributed by atoms with Crippen molar-refractivity contribution in [2.75, 3.05) is 24.5 Å². The minimum atomic E-state index is -0.590. The van der Waals surface area contributed by atoms with Crippen LogP contribution < -0.4 is 10.2 Å². The first-order valence-corrected chi connectivity index (χ1v) is 10.6. The van der Waals surface area contributed by atoms with Crippen LogP contribution in [0.25, 0.3) is 0 Å². The van der Waals surface area contributed by atoms with Gasteiger partial charge in [-0.3, -0.25) is 14.5 Å². The highest BCUT2D eigenvalue weighted by molar-refractivity contribution is 6.30. The quantitative estimate of drug-likeness (QED) is 0.766. The average Bonchev–Trinajstić information content (AvgIpc) is 3.12. The van der Waals surface area contributed by atoms with Crippen molar-refractivity contribution in [2.45, 2.75) is 31.8 Å². The molecule has 1 N–H and O–H groups in total. The molecule has 4 rings (SSSR count). The van der Waals surface area contributed by atoms with Crippen LogP contribution in [0.2, 0.25) is 5.02 Å². The highest BCUT2D eigenvalue weighted by atomic mass is 35.5. The van der Waals surface area contributed by atoms with Crippen LogP contribution in [0.5, 0.6) is 0 Å². The Morgan fingerprint density at radius 3 is 2.34 bits per heavy atom. The Balaban J connectivity index is 1.27. The number of carbonyl (C=O) groups is 2. The fourth-order valence-corrected chi connectivity index (χ4v) is 4.31. The van der Waals surface area contributed by atoms with E-state index in [1.54, 1.807) is 17.0 Å². The Labute approximate surface area is 176 Å². The molecule has 1 unspecified atom stereocenters. The molecule has 0 saturated carbocycles. The van der Waals surface area contributed by atoms with Crippen molar-refractivity contribution in [3.8, 4) is 0 Å². The van der Waals surface area contributed by atoms with Gasteiger partial charge in [0.1, 0.15) is 5.92 Å². The fraction of sp³-hybridized carbons (Fsp3) is 0.391. The number of rotatable bonds is 5. The third kappa shape index (κ3) is 4.80. The summed E-state index contributed by atoms with van der Waals surface area (Å²) in [6, 6.07) is 17.8. The van der Waals surface area contributed by atoms with Crippen LogP contribution in [0.4, 0.5) is 5.69 Å². The molecule has 0 spiro atoms. The number of likely N-dealkylation sites (tertiary alicyclic amines) is 1. The second-order valence-electron chi connectivity index (χ2n) is 7.85. The molecule has 0 aromatic heterocycles. The maximum absolute atomic E-state index is 12.8. The van der Waals surface area contributed by atoms with Crippen LogP contribution in [0.3, 0.4) is 0 Å². The molecular formula is C23H26ClN3O2. The molecule has 0 aliphatic carbocycles. The van der Waals surface area contributed by atoms with Gasteiger partial charge in [-0.25, -0.2) is 0 Å². The molecular weight excluding hydrogens is 386 g/mol. The number of halogens is 1. The highest BCUT2D eigenvalue weighted by Gasteiger charge is 2.38. The van der Waals surface area contributed by atoms with Gasteiger partial charge >= 0.3 is 0 Å².